The fraction of sp³-hybridized carbons (Fsp3) is 0.0588. The largest absolute Gasteiger partial charge is 0.457 e. The van der Waals surface area contributed by atoms with Gasteiger partial charge in [-0.1, -0.05) is 11.6 Å². The van der Waals surface area contributed by atoms with Crippen molar-refractivity contribution in [2.24, 2.45) is 0 Å². The van der Waals surface area contributed by atoms with Crippen LogP contribution in [0.25, 0.3) is 0 Å². The second-order valence-corrected chi connectivity index (χ2v) is 7.26. The molecular formula is C17H14ClN3O3S. The van der Waals surface area contributed by atoms with E-state index in [2.05, 4.69) is 14.7 Å². The fourth-order valence-corrected chi connectivity index (χ4v) is 3.13. The lowest BCUT2D eigenvalue weighted by Gasteiger charge is -2.08. The van der Waals surface area contributed by atoms with Gasteiger partial charge in [-0.2, -0.15) is 0 Å². The summed E-state index contributed by atoms with van der Waals surface area (Å²) < 4.78 is 32.7. The van der Waals surface area contributed by atoms with Gasteiger partial charge in [0.1, 0.15) is 17.8 Å². The summed E-state index contributed by atoms with van der Waals surface area (Å²) in [6, 6.07) is 14.7. The highest BCUT2D eigenvalue weighted by Gasteiger charge is 2.14. The minimum atomic E-state index is -3.64. The molecule has 0 unspecified atom stereocenters. The van der Waals surface area contributed by atoms with Crippen molar-refractivity contribution < 1.29 is 13.2 Å². The number of ether oxygens (including phenoxy) is 1. The van der Waals surface area contributed by atoms with Crippen molar-refractivity contribution in [3.8, 4) is 11.5 Å². The number of hydrogen-bond acceptors (Lipinski definition) is 5. The maximum atomic E-state index is 12.3. The van der Waals surface area contributed by atoms with Gasteiger partial charge >= 0.3 is 0 Å². The topological polar surface area (TPSA) is 81.2 Å². The average Bonchev–Trinajstić information content (AvgIpc) is 2.63. The van der Waals surface area contributed by atoms with Gasteiger partial charge < -0.3 is 4.74 Å². The Morgan fingerprint density at radius 2 is 1.60 bits per heavy atom. The van der Waals surface area contributed by atoms with Crippen LogP contribution >= 0.6 is 11.6 Å². The lowest BCUT2D eigenvalue weighted by molar-refractivity contribution is 0.482. The van der Waals surface area contributed by atoms with Crippen molar-refractivity contribution >= 4 is 21.6 Å². The summed E-state index contributed by atoms with van der Waals surface area (Å²) in [6.45, 7) is 0.0912. The van der Waals surface area contributed by atoms with E-state index in [1.54, 1.807) is 48.7 Å². The molecule has 0 atom stereocenters. The van der Waals surface area contributed by atoms with Crippen LogP contribution in [-0.4, -0.2) is 18.4 Å². The molecule has 0 spiro atoms. The fourth-order valence-electron chi connectivity index (χ4n) is 2.00. The molecule has 0 bridgehead atoms. The first-order valence-corrected chi connectivity index (χ1v) is 9.17. The van der Waals surface area contributed by atoms with E-state index in [1.807, 2.05) is 0 Å². The summed E-state index contributed by atoms with van der Waals surface area (Å²) in [5, 5.41) is 0.614. The first-order chi connectivity index (χ1) is 12.0. The molecule has 0 saturated heterocycles. The highest BCUT2D eigenvalue weighted by Crippen LogP contribution is 2.24. The predicted octanol–water partition coefficient (Wildman–Crippen LogP) is 3.40. The number of nitrogens with one attached hydrogen (secondary N) is 1. The Morgan fingerprint density at radius 1 is 0.960 bits per heavy atom. The van der Waals surface area contributed by atoms with Gasteiger partial charge in [-0.3, -0.25) is 0 Å². The van der Waals surface area contributed by atoms with Gasteiger partial charge in [-0.05, 0) is 54.6 Å². The first kappa shape index (κ1) is 17.3. The third-order valence-corrected chi connectivity index (χ3v) is 4.94. The van der Waals surface area contributed by atoms with E-state index in [4.69, 9.17) is 16.3 Å². The van der Waals surface area contributed by atoms with E-state index < -0.39 is 10.0 Å². The van der Waals surface area contributed by atoms with Gasteiger partial charge in [0.2, 0.25) is 10.0 Å². The summed E-state index contributed by atoms with van der Waals surface area (Å²) in [5.74, 6) is 1.14. The number of benzene rings is 2. The van der Waals surface area contributed by atoms with Crippen LogP contribution in [0.3, 0.4) is 0 Å². The SMILES string of the molecule is O=S(=O)(NCc1ccncn1)c1ccc(Oc2ccc(Cl)cc2)cc1. The van der Waals surface area contributed by atoms with Gasteiger partial charge in [0.25, 0.3) is 0 Å². The molecule has 3 aromatic rings. The lowest BCUT2D eigenvalue weighted by Crippen LogP contribution is -2.23. The summed E-state index contributed by atoms with van der Waals surface area (Å²) in [5.41, 5.74) is 0.585. The van der Waals surface area contributed by atoms with Crippen LogP contribution in [0.2, 0.25) is 5.02 Å². The van der Waals surface area contributed by atoms with Crippen LogP contribution in [0.15, 0.2) is 72.0 Å². The molecule has 0 fully saturated rings. The Hall–Kier alpha value is -2.48. The van der Waals surface area contributed by atoms with Gasteiger partial charge in [0.15, 0.2) is 0 Å². The maximum absolute atomic E-state index is 12.3. The molecule has 0 aliphatic heterocycles. The standard InChI is InChI=1S/C17H14ClN3O3S/c18-13-1-3-15(4-2-13)24-16-5-7-17(8-6-16)25(22,23)21-11-14-9-10-19-12-20-14/h1-10,12,21H,11H2. The van der Waals surface area contributed by atoms with Crippen LogP contribution in [0.1, 0.15) is 5.69 Å². The molecule has 0 radical (unpaired) electrons. The molecule has 0 aliphatic rings. The molecular weight excluding hydrogens is 362 g/mol. The van der Waals surface area contributed by atoms with E-state index in [0.717, 1.165) is 0 Å². The predicted molar refractivity (Wildman–Crippen MR) is 94.0 cm³/mol. The second-order valence-electron chi connectivity index (χ2n) is 5.05. The van der Waals surface area contributed by atoms with E-state index in [-0.39, 0.29) is 11.4 Å². The molecule has 1 aromatic heterocycles. The lowest BCUT2D eigenvalue weighted by atomic mass is 10.3. The minimum Gasteiger partial charge on any atom is -0.457 e. The molecule has 0 saturated carbocycles. The van der Waals surface area contributed by atoms with E-state index >= 15 is 0 Å². The van der Waals surface area contributed by atoms with Crippen LogP contribution in [0, 0.1) is 0 Å². The number of aromatic nitrogens is 2. The second kappa shape index (κ2) is 7.60. The molecule has 6 nitrogen and oxygen atoms in total. The number of nitrogens with zero attached hydrogens (tertiary/aromatic N) is 2. The molecule has 0 amide bonds. The average molecular weight is 376 g/mol. The first-order valence-electron chi connectivity index (χ1n) is 7.31. The molecule has 8 heteroatoms. The highest BCUT2D eigenvalue weighted by molar-refractivity contribution is 7.89. The zero-order valence-corrected chi connectivity index (χ0v) is 14.5. The Labute approximate surface area is 150 Å². The van der Waals surface area contributed by atoms with Crippen molar-refractivity contribution in [2.45, 2.75) is 11.4 Å². The Kier molecular flexibility index (Phi) is 5.28. The highest BCUT2D eigenvalue weighted by atomic mass is 35.5. The van der Waals surface area contributed by atoms with Gasteiger partial charge in [0.05, 0.1) is 17.1 Å². The number of hydrogen-bond donors (Lipinski definition) is 1. The Bertz CT molecular complexity index is 931. The van der Waals surface area contributed by atoms with Crippen molar-refractivity contribution in [3.05, 3.63) is 77.8 Å². The van der Waals surface area contributed by atoms with Gasteiger partial charge in [-0.25, -0.2) is 23.1 Å². The third-order valence-electron chi connectivity index (χ3n) is 3.27. The number of rotatable bonds is 6. The number of sulfonamides is 1. The monoisotopic (exact) mass is 375 g/mol. The zero-order valence-electron chi connectivity index (χ0n) is 13.0. The molecule has 2 aromatic carbocycles. The summed E-state index contributed by atoms with van der Waals surface area (Å²) in [7, 11) is -3.64. The van der Waals surface area contributed by atoms with Crippen molar-refractivity contribution in [3.63, 3.8) is 0 Å². The normalized spacial score (nSPS) is 11.2. The molecule has 3 rings (SSSR count). The van der Waals surface area contributed by atoms with Gasteiger partial charge in [0, 0.05) is 11.2 Å². The van der Waals surface area contributed by atoms with Crippen molar-refractivity contribution in [2.75, 3.05) is 0 Å². The molecule has 0 aliphatic carbocycles. The summed E-state index contributed by atoms with van der Waals surface area (Å²) in [4.78, 5) is 7.91. The smallest absolute Gasteiger partial charge is 0.240 e. The molecule has 25 heavy (non-hydrogen) atoms. The van der Waals surface area contributed by atoms with E-state index in [1.165, 1.54) is 18.5 Å². The minimum absolute atomic E-state index is 0.0912. The van der Waals surface area contributed by atoms with Crippen LogP contribution in [-0.2, 0) is 16.6 Å². The Morgan fingerprint density at radius 3 is 2.20 bits per heavy atom. The zero-order chi connectivity index (χ0) is 17.7. The molecule has 128 valence electrons. The van der Waals surface area contributed by atoms with Crippen molar-refractivity contribution in [1.29, 1.82) is 0 Å². The van der Waals surface area contributed by atoms with E-state index in [9.17, 15) is 8.42 Å². The maximum Gasteiger partial charge on any atom is 0.240 e. The quantitative estimate of drug-likeness (QED) is 0.714. The third kappa shape index (κ3) is 4.76. The van der Waals surface area contributed by atoms with Crippen molar-refractivity contribution in [1.82, 2.24) is 14.7 Å². The summed E-state index contributed by atoms with van der Waals surface area (Å²) >= 11 is 5.82. The molecule has 1 N–H and O–H groups in total. The van der Waals surface area contributed by atoms with Crippen LogP contribution in [0.5, 0.6) is 11.5 Å². The van der Waals surface area contributed by atoms with Crippen LogP contribution in [0.4, 0.5) is 0 Å². The van der Waals surface area contributed by atoms with Crippen LogP contribution < -0.4 is 9.46 Å². The molecule has 1 heterocycles. The summed E-state index contributed by atoms with van der Waals surface area (Å²) in [6.07, 6.45) is 2.92. The van der Waals surface area contributed by atoms with Gasteiger partial charge in [-0.15, -0.1) is 0 Å². The Balaban J connectivity index is 1.67. The number of halogens is 1. The van der Waals surface area contributed by atoms with E-state index in [0.29, 0.717) is 22.2 Å².